The number of benzene rings is 1. The summed E-state index contributed by atoms with van der Waals surface area (Å²) in [5.74, 6) is 0.203. The van der Waals surface area contributed by atoms with Crippen molar-refractivity contribution in [2.75, 3.05) is 7.05 Å². The van der Waals surface area contributed by atoms with Crippen LogP contribution in [0.15, 0.2) is 40.6 Å². The van der Waals surface area contributed by atoms with Crippen LogP contribution >= 0.6 is 0 Å². The smallest absolute Gasteiger partial charge is 0.311 e. The zero-order valence-electron chi connectivity index (χ0n) is 12.8. The standard InChI is InChI=1S/C16H19N3O2/c1-16(2,3)11-15(20)21-13-7-5-12(6-8-13)14(9-10-17)19-18-4/h5-9H,11H2,1-4H3/b14-9+,19-18?. The SMILES string of the molecule is CN=N/C(=C/C#N)c1ccc(OC(=O)CC(C)(C)C)cc1. The van der Waals surface area contributed by atoms with Gasteiger partial charge >= 0.3 is 5.97 Å². The Hall–Kier alpha value is -2.48. The van der Waals surface area contributed by atoms with Crippen LogP contribution in [-0.2, 0) is 4.79 Å². The number of carbonyl (C=O) groups excluding carboxylic acids is 1. The molecule has 1 aromatic carbocycles. The molecule has 0 radical (unpaired) electrons. The Morgan fingerprint density at radius 2 is 1.95 bits per heavy atom. The maximum absolute atomic E-state index is 11.7. The maximum atomic E-state index is 11.7. The van der Waals surface area contributed by atoms with Crippen LogP contribution in [0.2, 0.25) is 0 Å². The quantitative estimate of drug-likeness (QED) is 0.363. The van der Waals surface area contributed by atoms with Gasteiger partial charge in [0.15, 0.2) is 0 Å². The lowest BCUT2D eigenvalue weighted by Gasteiger charge is -2.16. The van der Waals surface area contributed by atoms with Gasteiger partial charge in [0, 0.05) is 18.7 Å². The molecule has 21 heavy (non-hydrogen) atoms. The Kier molecular flexibility index (Phi) is 5.79. The van der Waals surface area contributed by atoms with Crippen molar-refractivity contribution in [3.05, 3.63) is 35.9 Å². The summed E-state index contributed by atoms with van der Waals surface area (Å²) in [4.78, 5) is 11.7. The van der Waals surface area contributed by atoms with E-state index in [2.05, 4.69) is 10.2 Å². The molecular formula is C16H19N3O2. The second kappa shape index (κ2) is 7.34. The number of nitrogens with zero attached hydrogens (tertiary/aromatic N) is 3. The van der Waals surface area contributed by atoms with E-state index >= 15 is 0 Å². The van der Waals surface area contributed by atoms with Crippen molar-refractivity contribution >= 4 is 11.7 Å². The zero-order chi connectivity index (χ0) is 15.9. The van der Waals surface area contributed by atoms with Gasteiger partial charge in [-0.2, -0.15) is 15.5 Å². The average molecular weight is 285 g/mol. The highest BCUT2D eigenvalue weighted by Crippen LogP contribution is 2.23. The minimum atomic E-state index is -0.267. The first-order chi connectivity index (χ1) is 9.85. The summed E-state index contributed by atoms with van der Waals surface area (Å²) in [6.45, 7) is 5.93. The Morgan fingerprint density at radius 1 is 1.33 bits per heavy atom. The third kappa shape index (κ3) is 6.00. The van der Waals surface area contributed by atoms with Gasteiger partial charge in [-0.1, -0.05) is 20.8 Å². The molecule has 0 fully saturated rings. The molecule has 1 rings (SSSR count). The maximum Gasteiger partial charge on any atom is 0.311 e. The average Bonchev–Trinajstić information content (AvgIpc) is 2.37. The molecule has 0 aliphatic rings. The molecule has 1 aromatic rings. The topological polar surface area (TPSA) is 74.8 Å². The highest BCUT2D eigenvalue weighted by Gasteiger charge is 2.17. The molecule has 0 aliphatic carbocycles. The summed E-state index contributed by atoms with van der Waals surface area (Å²) in [5.41, 5.74) is 1.09. The first-order valence-electron chi connectivity index (χ1n) is 6.56. The fourth-order valence-corrected chi connectivity index (χ4v) is 1.63. The number of hydrogen-bond acceptors (Lipinski definition) is 5. The normalized spacial score (nSPS) is 12.2. The van der Waals surface area contributed by atoms with Crippen molar-refractivity contribution in [1.82, 2.24) is 0 Å². The van der Waals surface area contributed by atoms with Gasteiger partial charge < -0.3 is 4.74 Å². The lowest BCUT2D eigenvalue weighted by atomic mass is 9.92. The molecule has 0 atom stereocenters. The Morgan fingerprint density at radius 3 is 2.43 bits per heavy atom. The van der Waals surface area contributed by atoms with Crippen LogP contribution in [-0.4, -0.2) is 13.0 Å². The molecule has 0 unspecified atom stereocenters. The van der Waals surface area contributed by atoms with Crippen LogP contribution in [0.3, 0.4) is 0 Å². The molecule has 5 nitrogen and oxygen atoms in total. The van der Waals surface area contributed by atoms with Gasteiger partial charge in [0.1, 0.15) is 11.4 Å². The summed E-state index contributed by atoms with van der Waals surface area (Å²) in [7, 11) is 1.54. The highest BCUT2D eigenvalue weighted by molar-refractivity contribution is 5.73. The van der Waals surface area contributed by atoms with Crippen molar-refractivity contribution in [2.45, 2.75) is 27.2 Å². The van der Waals surface area contributed by atoms with Crippen molar-refractivity contribution in [1.29, 1.82) is 5.26 Å². The largest absolute Gasteiger partial charge is 0.427 e. The lowest BCUT2D eigenvalue weighted by Crippen LogP contribution is -2.17. The van der Waals surface area contributed by atoms with Gasteiger partial charge in [-0.25, -0.2) is 0 Å². The second-order valence-electron chi connectivity index (χ2n) is 5.69. The minimum Gasteiger partial charge on any atom is -0.427 e. The van der Waals surface area contributed by atoms with E-state index in [0.717, 1.165) is 5.56 Å². The van der Waals surface area contributed by atoms with Crippen LogP contribution in [0.25, 0.3) is 5.70 Å². The third-order valence-electron chi connectivity index (χ3n) is 2.47. The van der Waals surface area contributed by atoms with Gasteiger partial charge in [-0.15, -0.1) is 0 Å². The molecule has 0 aromatic heterocycles. The number of ether oxygens (including phenoxy) is 1. The van der Waals surface area contributed by atoms with Crippen molar-refractivity contribution in [2.24, 2.45) is 15.6 Å². The zero-order valence-corrected chi connectivity index (χ0v) is 12.8. The Balaban J connectivity index is 2.81. The van der Waals surface area contributed by atoms with E-state index in [1.165, 1.54) is 13.1 Å². The number of esters is 1. The van der Waals surface area contributed by atoms with E-state index in [9.17, 15) is 4.79 Å². The first kappa shape index (κ1) is 16.6. The number of nitriles is 1. The van der Waals surface area contributed by atoms with Gasteiger partial charge in [0.05, 0.1) is 12.5 Å². The third-order valence-corrected chi connectivity index (χ3v) is 2.47. The van der Waals surface area contributed by atoms with Crippen LogP contribution in [0.4, 0.5) is 0 Å². The number of rotatable bonds is 4. The van der Waals surface area contributed by atoms with Crippen molar-refractivity contribution in [3.8, 4) is 11.8 Å². The number of azo groups is 1. The summed E-state index contributed by atoms with van der Waals surface area (Å²) in [5, 5.41) is 16.3. The second-order valence-corrected chi connectivity index (χ2v) is 5.69. The Bertz CT molecular complexity index is 587. The van der Waals surface area contributed by atoms with Crippen LogP contribution < -0.4 is 4.74 Å². The molecule has 0 heterocycles. The summed E-state index contributed by atoms with van der Waals surface area (Å²) in [6, 6.07) is 8.74. The lowest BCUT2D eigenvalue weighted by molar-refractivity contribution is -0.136. The minimum absolute atomic E-state index is 0.110. The Labute approximate surface area is 125 Å². The van der Waals surface area contributed by atoms with E-state index in [-0.39, 0.29) is 11.4 Å². The van der Waals surface area contributed by atoms with E-state index in [1.54, 1.807) is 24.3 Å². The summed E-state index contributed by atoms with van der Waals surface area (Å²) in [6.07, 6.45) is 1.66. The van der Waals surface area contributed by atoms with Crippen LogP contribution in [0.5, 0.6) is 5.75 Å². The predicted molar refractivity (Wildman–Crippen MR) is 80.5 cm³/mol. The van der Waals surface area contributed by atoms with Gasteiger partial charge in [-0.05, 0) is 29.7 Å². The summed E-state index contributed by atoms with van der Waals surface area (Å²) < 4.78 is 5.27. The molecule has 110 valence electrons. The molecule has 0 spiro atoms. The van der Waals surface area contributed by atoms with Gasteiger partial charge in [-0.3, -0.25) is 4.79 Å². The number of carbonyl (C=O) groups is 1. The van der Waals surface area contributed by atoms with E-state index < -0.39 is 0 Å². The van der Waals surface area contributed by atoms with Gasteiger partial charge in [0.25, 0.3) is 0 Å². The molecule has 0 bridgehead atoms. The van der Waals surface area contributed by atoms with Crippen molar-refractivity contribution in [3.63, 3.8) is 0 Å². The molecule has 0 saturated carbocycles. The first-order valence-corrected chi connectivity index (χ1v) is 6.56. The molecule has 0 aliphatic heterocycles. The monoisotopic (exact) mass is 285 g/mol. The predicted octanol–water partition coefficient (Wildman–Crippen LogP) is 3.97. The van der Waals surface area contributed by atoms with Crippen LogP contribution in [0, 0.1) is 16.7 Å². The van der Waals surface area contributed by atoms with E-state index in [1.807, 2.05) is 26.8 Å². The fraction of sp³-hybridized carbons (Fsp3) is 0.375. The van der Waals surface area contributed by atoms with E-state index in [0.29, 0.717) is 17.9 Å². The highest BCUT2D eigenvalue weighted by atomic mass is 16.5. The molecule has 0 amide bonds. The van der Waals surface area contributed by atoms with Crippen LogP contribution in [0.1, 0.15) is 32.8 Å². The molecule has 5 heteroatoms. The van der Waals surface area contributed by atoms with Crippen molar-refractivity contribution < 1.29 is 9.53 Å². The van der Waals surface area contributed by atoms with Gasteiger partial charge in [0.2, 0.25) is 0 Å². The number of allylic oxidation sites excluding steroid dienone is 1. The molecular weight excluding hydrogens is 266 g/mol. The fourth-order valence-electron chi connectivity index (χ4n) is 1.63. The summed E-state index contributed by atoms with van der Waals surface area (Å²) >= 11 is 0. The molecule has 0 saturated heterocycles. The molecule has 0 N–H and O–H groups in total. The van der Waals surface area contributed by atoms with E-state index in [4.69, 9.17) is 10.00 Å². The number of hydrogen-bond donors (Lipinski definition) is 0.